The van der Waals surface area contributed by atoms with E-state index in [0.717, 1.165) is 61.2 Å². The van der Waals surface area contributed by atoms with Crippen molar-refractivity contribution in [3.63, 3.8) is 0 Å². The molecule has 158 valence electrons. The molecule has 1 aliphatic rings. The summed E-state index contributed by atoms with van der Waals surface area (Å²) in [5.41, 5.74) is 4.15. The molecular weight excluding hydrogens is 388 g/mol. The molecule has 0 unspecified atom stereocenters. The number of piperazine rings is 1. The zero-order valence-electron chi connectivity index (χ0n) is 17.8. The van der Waals surface area contributed by atoms with Crippen LogP contribution in [0.2, 0.25) is 0 Å². The fourth-order valence-corrected chi connectivity index (χ4v) is 3.86. The van der Waals surface area contributed by atoms with Gasteiger partial charge in [-0.15, -0.1) is 0 Å². The Labute approximate surface area is 178 Å². The first-order valence-electron chi connectivity index (χ1n) is 9.77. The first-order chi connectivity index (χ1) is 14.0. The van der Waals surface area contributed by atoms with E-state index in [0.29, 0.717) is 5.88 Å². The van der Waals surface area contributed by atoms with Crippen molar-refractivity contribution in [2.75, 3.05) is 56.8 Å². The lowest BCUT2D eigenvalue weighted by molar-refractivity contribution is 0.275. The molecule has 0 amide bonds. The highest BCUT2D eigenvalue weighted by molar-refractivity contribution is 7.81. The largest absolute Gasteiger partial charge is 0.497 e. The Hall–Kier alpha value is -2.32. The maximum atomic E-state index is 5.51. The number of methoxy groups -OCH3 is 3. The smallest absolute Gasteiger partial charge is 0.240 e. The van der Waals surface area contributed by atoms with E-state index in [-0.39, 0.29) is 0 Å². The number of aryl methyl sites for hydroxylation is 2. The Morgan fingerprint density at radius 2 is 1.59 bits per heavy atom. The molecule has 1 fully saturated rings. The van der Waals surface area contributed by atoms with Crippen molar-refractivity contribution in [3.05, 3.63) is 35.5 Å². The van der Waals surface area contributed by atoms with Crippen molar-refractivity contribution in [3.8, 4) is 17.4 Å². The number of hydrazine groups is 1. The number of hydrogen-bond acceptors (Lipinski definition) is 8. The monoisotopic (exact) mass is 418 g/mol. The molecule has 0 aliphatic carbocycles. The second-order valence-electron chi connectivity index (χ2n) is 6.92. The van der Waals surface area contributed by atoms with E-state index in [1.807, 2.05) is 29.5 Å². The second-order valence-corrected chi connectivity index (χ2v) is 7.29. The minimum atomic E-state index is 0.592. The SMILES string of the molecule is CCc1cc(N(S)N2CCN(c3cc(OC)cc(OC)c3)CC2)c(OC)nc1C. The summed E-state index contributed by atoms with van der Waals surface area (Å²) in [6.45, 7) is 7.49. The van der Waals surface area contributed by atoms with Gasteiger partial charge in [-0.1, -0.05) is 6.92 Å². The Kier molecular flexibility index (Phi) is 6.97. The normalized spacial score (nSPS) is 14.6. The number of nitrogens with zero attached hydrogens (tertiary/aromatic N) is 4. The molecular formula is C21H30N4O3S. The highest BCUT2D eigenvalue weighted by Crippen LogP contribution is 2.33. The van der Waals surface area contributed by atoms with Gasteiger partial charge in [0.2, 0.25) is 5.88 Å². The van der Waals surface area contributed by atoms with Crippen LogP contribution in [0.4, 0.5) is 11.4 Å². The summed E-state index contributed by atoms with van der Waals surface area (Å²) in [6.07, 6.45) is 0.920. The minimum absolute atomic E-state index is 0.592. The van der Waals surface area contributed by atoms with E-state index in [9.17, 15) is 0 Å². The van der Waals surface area contributed by atoms with Gasteiger partial charge in [0.1, 0.15) is 17.2 Å². The highest BCUT2D eigenvalue weighted by atomic mass is 32.1. The van der Waals surface area contributed by atoms with E-state index in [1.54, 1.807) is 21.3 Å². The van der Waals surface area contributed by atoms with Gasteiger partial charge in [0.15, 0.2) is 0 Å². The Morgan fingerprint density at radius 3 is 2.10 bits per heavy atom. The molecule has 8 heteroatoms. The van der Waals surface area contributed by atoms with Crippen LogP contribution in [0.25, 0.3) is 0 Å². The number of benzene rings is 1. The van der Waals surface area contributed by atoms with Gasteiger partial charge in [0, 0.05) is 55.8 Å². The summed E-state index contributed by atoms with van der Waals surface area (Å²) in [5, 5.41) is 2.20. The quantitative estimate of drug-likeness (QED) is 0.692. The van der Waals surface area contributed by atoms with Crippen LogP contribution in [0, 0.1) is 6.92 Å². The molecule has 1 aliphatic heterocycles. The van der Waals surface area contributed by atoms with Crippen molar-refractivity contribution < 1.29 is 14.2 Å². The number of hydrogen-bond donors (Lipinski definition) is 1. The lowest BCUT2D eigenvalue weighted by Crippen LogP contribution is -2.51. The molecule has 1 aromatic heterocycles. The lowest BCUT2D eigenvalue weighted by Gasteiger charge is -2.40. The summed E-state index contributed by atoms with van der Waals surface area (Å²) in [6, 6.07) is 8.08. The Morgan fingerprint density at radius 1 is 0.966 bits per heavy atom. The zero-order valence-corrected chi connectivity index (χ0v) is 18.7. The first-order valence-corrected chi connectivity index (χ1v) is 10.2. The summed E-state index contributed by atoms with van der Waals surface area (Å²) in [7, 11) is 4.98. The molecule has 0 radical (unpaired) electrons. The number of rotatable bonds is 7. The fourth-order valence-electron chi connectivity index (χ4n) is 3.53. The van der Waals surface area contributed by atoms with Gasteiger partial charge in [-0.2, -0.15) is 0 Å². The number of ether oxygens (including phenoxy) is 3. The molecule has 1 saturated heterocycles. The van der Waals surface area contributed by atoms with Crippen molar-refractivity contribution >= 4 is 24.2 Å². The second kappa shape index (κ2) is 9.45. The number of aromatic nitrogens is 1. The zero-order chi connectivity index (χ0) is 21.0. The van der Waals surface area contributed by atoms with E-state index >= 15 is 0 Å². The molecule has 1 aromatic carbocycles. The summed E-state index contributed by atoms with van der Waals surface area (Å²) in [5.74, 6) is 2.18. The van der Waals surface area contributed by atoms with Gasteiger partial charge in [-0.05, 0) is 37.8 Å². The van der Waals surface area contributed by atoms with E-state index in [4.69, 9.17) is 27.0 Å². The van der Waals surface area contributed by atoms with Crippen molar-refractivity contribution in [2.24, 2.45) is 0 Å². The van der Waals surface area contributed by atoms with Crippen LogP contribution in [-0.2, 0) is 6.42 Å². The average Bonchev–Trinajstić information content (AvgIpc) is 2.77. The highest BCUT2D eigenvalue weighted by Gasteiger charge is 2.24. The van der Waals surface area contributed by atoms with E-state index in [2.05, 4.69) is 27.9 Å². The third kappa shape index (κ3) is 4.64. The summed E-state index contributed by atoms with van der Waals surface area (Å²) in [4.78, 5) is 6.93. The predicted octanol–water partition coefficient (Wildman–Crippen LogP) is 3.37. The summed E-state index contributed by atoms with van der Waals surface area (Å²) >= 11 is 4.77. The van der Waals surface area contributed by atoms with E-state index in [1.165, 1.54) is 5.56 Å². The van der Waals surface area contributed by atoms with Crippen LogP contribution in [0.15, 0.2) is 24.3 Å². The molecule has 7 nitrogen and oxygen atoms in total. The fraction of sp³-hybridized carbons (Fsp3) is 0.476. The first kappa shape index (κ1) is 21.4. The number of pyridine rings is 1. The van der Waals surface area contributed by atoms with Gasteiger partial charge in [-0.3, -0.25) is 0 Å². The van der Waals surface area contributed by atoms with Gasteiger partial charge in [0.05, 0.1) is 21.3 Å². The molecule has 2 heterocycles. The number of anilines is 2. The molecule has 0 bridgehead atoms. The third-order valence-corrected chi connectivity index (χ3v) is 5.75. The van der Waals surface area contributed by atoms with Gasteiger partial charge >= 0.3 is 0 Å². The maximum absolute atomic E-state index is 5.51. The molecule has 2 aromatic rings. The van der Waals surface area contributed by atoms with Crippen LogP contribution in [0.5, 0.6) is 17.4 Å². The third-order valence-electron chi connectivity index (χ3n) is 5.28. The Balaban J connectivity index is 1.74. The predicted molar refractivity (Wildman–Crippen MR) is 120 cm³/mol. The van der Waals surface area contributed by atoms with Crippen LogP contribution in [0.1, 0.15) is 18.2 Å². The molecule has 0 spiro atoms. The minimum Gasteiger partial charge on any atom is -0.497 e. The lowest BCUT2D eigenvalue weighted by atomic mass is 10.1. The van der Waals surface area contributed by atoms with Gasteiger partial charge in [0.25, 0.3) is 0 Å². The van der Waals surface area contributed by atoms with Gasteiger partial charge in [-0.25, -0.2) is 14.4 Å². The molecule has 3 rings (SSSR count). The molecule has 0 saturated carbocycles. The van der Waals surface area contributed by atoms with Crippen LogP contribution >= 0.6 is 12.8 Å². The van der Waals surface area contributed by atoms with Crippen LogP contribution in [-0.4, -0.2) is 57.5 Å². The van der Waals surface area contributed by atoms with Crippen molar-refractivity contribution in [1.29, 1.82) is 0 Å². The van der Waals surface area contributed by atoms with Gasteiger partial charge < -0.3 is 19.1 Å². The Bertz CT molecular complexity index is 819. The molecule has 0 atom stereocenters. The van der Waals surface area contributed by atoms with Crippen molar-refractivity contribution in [1.82, 2.24) is 9.99 Å². The number of thiol groups is 1. The molecule has 0 N–H and O–H groups in total. The average molecular weight is 419 g/mol. The molecule has 29 heavy (non-hydrogen) atoms. The van der Waals surface area contributed by atoms with Crippen molar-refractivity contribution in [2.45, 2.75) is 20.3 Å². The van der Waals surface area contributed by atoms with E-state index < -0.39 is 0 Å². The standard InChI is InChI=1S/C21H30N4O3S/c1-6-16-11-20(21(28-5)22-15(16)2)25(29)24-9-7-23(8-10-24)17-12-18(26-3)14-19(13-17)27-4/h11-14,29H,6-10H2,1-5H3. The topological polar surface area (TPSA) is 50.3 Å². The van der Waals surface area contributed by atoms with Crippen LogP contribution in [0.3, 0.4) is 0 Å². The summed E-state index contributed by atoms with van der Waals surface area (Å²) < 4.78 is 18.2. The van der Waals surface area contributed by atoms with Crippen LogP contribution < -0.4 is 23.5 Å². The maximum Gasteiger partial charge on any atom is 0.240 e.